The van der Waals surface area contributed by atoms with E-state index in [2.05, 4.69) is 39.8 Å². The fraction of sp³-hybridized carbons (Fsp3) is 0.467. The molecular weight excluding hydrogens is 270 g/mol. The first kappa shape index (κ1) is 13.7. The van der Waals surface area contributed by atoms with E-state index in [0.29, 0.717) is 5.92 Å². The van der Waals surface area contributed by atoms with E-state index >= 15 is 0 Å². The molecule has 3 rings (SSSR count). The number of nitrogens with one attached hydrogen (secondary N) is 1. The highest BCUT2D eigenvalue weighted by Crippen LogP contribution is 2.40. The number of benzene rings is 1. The second-order valence-electron chi connectivity index (χ2n) is 4.98. The van der Waals surface area contributed by atoms with E-state index in [-0.39, 0.29) is 0 Å². The maximum Gasteiger partial charge on any atom is 0.125 e. The number of aromatic nitrogens is 2. The van der Waals surface area contributed by atoms with Crippen LogP contribution in [0, 0.1) is 0 Å². The van der Waals surface area contributed by atoms with Crippen molar-refractivity contribution in [3.05, 3.63) is 45.4 Å². The largest absolute Gasteiger partial charge is 0.383 e. The number of hydrogen-bond acceptors (Lipinski definition) is 5. The molecule has 20 heavy (non-hydrogen) atoms. The molecule has 2 aromatic rings. The molecule has 1 N–H and O–H groups in total. The lowest BCUT2D eigenvalue weighted by Gasteiger charge is -2.27. The van der Waals surface area contributed by atoms with Crippen molar-refractivity contribution in [1.29, 1.82) is 0 Å². The predicted octanol–water partition coefficient (Wildman–Crippen LogP) is 2.00. The Morgan fingerprint density at radius 1 is 1.30 bits per heavy atom. The Morgan fingerprint density at radius 2 is 2.20 bits per heavy atom. The molecule has 0 spiro atoms. The SMILES string of the molecule is COCCNCCc1nnc(C2Cc3ccccc32)s1. The van der Waals surface area contributed by atoms with E-state index in [4.69, 9.17) is 4.74 Å². The van der Waals surface area contributed by atoms with Crippen LogP contribution in [0.15, 0.2) is 24.3 Å². The highest BCUT2D eigenvalue weighted by Gasteiger charge is 2.29. The van der Waals surface area contributed by atoms with Gasteiger partial charge in [-0.15, -0.1) is 21.5 Å². The summed E-state index contributed by atoms with van der Waals surface area (Å²) in [5.41, 5.74) is 2.88. The standard InChI is InChI=1S/C15H19N3OS/c1-19-9-8-16-7-6-14-17-18-15(20-14)13-10-11-4-2-3-5-12(11)13/h2-5,13,16H,6-10H2,1H3. The van der Waals surface area contributed by atoms with Crippen molar-refractivity contribution in [3.63, 3.8) is 0 Å². The lowest BCUT2D eigenvalue weighted by Crippen LogP contribution is -2.21. The summed E-state index contributed by atoms with van der Waals surface area (Å²) >= 11 is 1.75. The van der Waals surface area contributed by atoms with Gasteiger partial charge in [0.25, 0.3) is 0 Å². The van der Waals surface area contributed by atoms with Gasteiger partial charge in [-0.05, 0) is 17.5 Å². The quantitative estimate of drug-likeness (QED) is 0.792. The molecule has 1 unspecified atom stereocenters. The molecule has 1 aromatic heterocycles. The molecular formula is C15H19N3OS. The molecule has 0 bridgehead atoms. The first-order valence-corrected chi connectivity index (χ1v) is 7.80. The van der Waals surface area contributed by atoms with E-state index < -0.39 is 0 Å². The van der Waals surface area contributed by atoms with Crippen LogP contribution in [0.3, 0.4) is 0 Å². The number of hydrogen-bond donors (Lipinski definition) is 1. The summed E-state index contributed by atoms with van der Waals surface area (Å²) < 4.78 is 5.00. The molecule has 0 fully saturated rings. The Morgan fingerprint density at radius 3 is 3.05 bits per heavy atom. The summed E-state index contributed by atoms with van der Waals surface area (Å²) in [7, 11) is 1.72. The van der Waals surface area contributed by atoms with Gasteiger partial charge < -0.3 is 10.1 Å². The van der Waals surface area contributed by atoms with Gasteiger partial charge in [0.1, 0.15) is 10.0 Å². The van der Waals surface area contributed by atoms with E-state index in [1.807, 2.05) is 0 Å². The van der Waals surface area contributed by atoms with Gasteiger partial charge in [-0.1, -0.05) is 24.3 Å². The highest BCUT2D eigenvalue weighted by molar-refractivity contribution is 7.11. The number of ether oxygens (including phenoxy) is 1. The van der Waals surface area contributed by atoms with Gasteiger partial charge in [-0.3, -0.25) is 0 Å². The van der Waals surface area contributed by atoms with Crippen molar-refractivity contribution >= 4 is 11.3 Å². The van der Waals surface area contributed by atoms with E-state index in [9.17, 15) is 0 Å². The van der Waals surface area contributed by atoms with E-state index in [1.54, 1.807) is 18.4 Å². The van der Waals surface area contributed by atoms with Crippen LogP contribution in [0.4, 0.5) is 0 Å². The van der Waals surface area contributed by atoms with E-state index in [0.717, 1.165) is 42.6 Å². The van der Waals surface area contributed by atoms with Crippen LogP contribution in [-0.4, -0.2) is 37.0 Å². The summed E-state index contributed by atoms with van der Waals surface area (Å²) in [5, 5.41) is 14.3. The van der Waals surface area contributed by atoms with Crippen LogP contribution < -0.4 is 5.32 Å². The molecule has 0 amide bonds. The van der Waals surface area contributed by atoms with Crippen LogP contribution in [0.1, 0.15) is 27.1 Å². The maximum absolute atomic E-state index is 5.00. The summed E-state index contributed by atoms with van der Waals surface area (Å²) in [6.45, 7) is 2.57. The average molecular weight is 289 g/mol. The molecule has 4 nitrogen and oxygen atoms in total. The lowest BCUT2D eigenvalue weighted by molar-refractivity contribution is 0.199. The Hall–Kier alpha value is -1.30. The Kier molecular flexibility index (Phi) is 4.40. The van der Waals surface area contributed by atoms with E-state index in [1.165, 1.54) is 11.1 Å². The van der Waals surface area contributed by atoms with Gasteiger partial charge >= 0.3 is 0 Å². The number of rotatable bonds is 7. The monoisotopic (exact) mass is 289 g/mol. The molecule has 1 heterocycles. The van der Waals surface area contributed by atoms with Crippen LogP contribution in [0.2, 0.25) is 0 Å². The van der Waals surface area contributed by atoms with Crippen LogP contribution >= 0.6 is 11.3 Å². The maximum atomic E-state index is 5.00. The predicted molar refractivity (Wildman–Crippen MR) is 80.3 cm³/mol. The van der Waals surface area contributed by atoms with Crippen molar-refractivity contribution in [2.75, 3.05) is 26.8 Å². The van der Waals surface area contributed by atoms with Crippen molar-refractivity contribution in [2.24, 2.45) is 0 Å². The van der Waals surface area contributed by atoms with Crippen LogP contribution in [0.25, 0.3) is 0 Å². The summed E-state index contributed by atoms with van der Waals surface area (Å²) in [6, 6.07) is 8.61. The van der Waals surface area contributed by atoms with Crippen molar-refractivity contribution in [1.82, 2.24) is 15.5 Å². The van der Waals surface area contributed by atoms with Gasteiger partial charge in [0.15, 0.2) is 0 Å². The molecule has 1 aliphatic rings. The van der Waals surface area contributed by atoms with Gasteiger partial charge in [-0.2, -0.15) is 0 Å². The molecule has 0 aliphatic heterocycles. The molecule has 1 aromatic carbocycles. The third-order valence-corrected chi connectivity index (χ3v) is 4.73. The number of fused-ring (bicyclic) bond motifs is 1. The molecule has 5 heteroatoms. The minimum atomic E-state index is 0.471. The highest BCUT2D eigenvalue weighted by atomic mass is 32.1. The zero-order valence-electron chi connectivity index (χ0n) is 11.6. The first-order chi connectivity index (χ1) is 9.88. The second kappa shape index (κ2) is 6.43. The average Bonchev–Trinajstić information content (AvgIpc) is 2.88. The zero-order chi connectivity index (χ0) is 13.8. The minimum absolute atomic E-state index is 0.471. The van der Waals surface area contributed by atoms with Crippen molar-refractivity contribution in [2.45, 2.75) is 18.8 Å². The summed E-state index contributed by atoms with van der Waals surface area (Å²) in [4.78, 5) is 0. The molecule has 0 saturated heterocycles. The fourth-order valence-electron chi connectivity index (χ4n) is 2.48. The normalized spacial score (nSPS) is 16.8. The molecule has 1 aliphatic carbocycles. The number of nitrogens with zero attached hydrogens (tertiary/aromatic N) is 2. The topological polar surface area (TPSA) is 47.0 Å². The molecule has 0 radical (unpaired) electrons. The molecule has 1 atom stereocenters. The third-order valence-electron chi connectivity index (χ3n) is 3.63. The summed E-state index contributed by atoms with van der Waals surface area (Å²) in [5.74, 6) is 0.471. The lowest BCUT2D eigenvalue weighted by atomic mass is 9.78. The first-order valence-electron chi connectivity index (χ1n) is 6.98. The molecule has 106 valence electrons. The van der Waals surface area contributed by atoms with Gasteiger partial charge in [0.05, 0.1) is 6.61 Å². The smallest absolute Gasteiger partial charge is 0.125 e. The Labute approximate surface area is 123 Å². The number of methoxy groups -OCH3 is 1. The van der Waals surface area contributed by atoms with Gasteiger partial charge in [0.2, 0.25) is 0 Å². The van der Waals surface area contributed by atoms with Crippen molar-refractivity contribution in [3.8, 4) is 0 Å². The third kappa shape index (κ3) is 2.90. The van der Waals surface area contributed by atoms with Crippen LogP contribution in [0.5, 0.6) is 0 Å². The van der Waals surface area contributed by atoms with Crippen LogP contribution in [-0.2, 0) is 17.6 Å². The summed E-state index contributed by atoms with van der Waals surface area (Å²) in [6.07, 6.45) is 2.05. The fourth-order valence-corrected chi connectivity index (χ4v) is 3.44. The van der Waals surface area contributed by atoms with Crippen molar-refractivity contribution < 1.29 is 4.74 Å². The Bertz CT molecular complexity index is 570. The second-order valence-corrected chi connectivity index (χ2v) is 6.08. The minimum Gasteiger partial charge on any atom is -0.383 e. The molecule has 0 saturated carbocycles. The Balaban J connectivity index is 1.53. The van der Waals surface area contributed by atoms with Gasteiger partial charge in [-0.25, -0.2) is 0 Å². The zero-order valence-corrected chi connectivity index (χ0v) is 12.4. The van der Waals surface area contributed by atoms with Gasteiger partial charge in [0, 0.05) is 32.5 Å².